The van der Waals surface area contributed by atoms with E-state index in [0.717, 1.165) is 11.3 Å². The zero-order valence-corrected chi connectivity index (χ0v) is 21.1. The van der Waals surface area contributed by atoms with Gasteiger partial charge in [0.15, 0.2) is 11.5 Å². The molecule has 0 fully saturated rings. The van der Waals surface area contributed by atoms with Gasteiger partial charge in [-0.2, -0.15) is 0 Å². The number of halogens is 1. The summed E-state index contributed by atoms with van der Waals surface area (Å²) in [5, 5.41) is 3.79. The number of rotatable bonds is 7. The standard InChI is InChI=1S/C31H26O2P.ClH/c1-24-22-33-29(30(24)31(32)25-14-6-2-7-15-25)23-34(26-16-8-3-9-17-26,27-18-10-4-11-19-27)28-20-12-5-13-21-28;/h2-22H,23H2,1H3;1H/q+1;/p-1. The monoisotopic (exact) mass is 496 g/mol. The third kappa shape index (κ3) is 4.73. The maximum absolute atomic E-state index is 13.6. The third-order valence-electron chi connectivity index (χ3n) is 6.29. The lowest BCUT2D eigenvalue weighted by Crippen LogP contribution is -3.00. The summed E-state index contributed by atoms with van der Waals surface area (Å²) in [4.78, 5) is 13.6. The van der Waals surface area contributed by atoms with Crippen molar-refractivity contribution < 1.29 is 21.6 Å². The molecule has 0 aliphatic rings. The Morgan fingerprint density at radius 2 is 1.06 bits per heavy atom. The maximum atomic E-state index is 13.6. The van der Waals surface area contributed by atoms with Gasteiger partial charge >= 0.3 is 0 Å². The third-order valence-corrected chi connectivity index (χ3v) is 10.6. The molecule has 5 aromatic rings. The molecule has 35 heavy (non-hydrogen) atoms. The lowest BCUT2D eigenvalue weighted by atomic mass is 10.0. The van der Waals surface area contributed by atoms with E-state index >= 15 is 0 Å². The van der Waals surface area contributed by atoms with Crippen LogP contribution in [0.25, 0.3) is 0 Å². The van der Waals surface area contributed by atoms with Crippen LogP contribution < -0.4 is 28.3 Å². The molecule has 0 unspecified atom stereocenters. The predicted molar refractivity (Wildman–Crippen MR) is 142 cm³/mol. The van der Waals surface area contributed by atoms with E-state index in [-0.39, 0.29) is 18.2 Å². The smallest absolute Gasteiger partial charge is 0.196 e. The Morgan fingerprint density at radius 1 is 0.657 bits per heavy atom. The van der Waals surface area contributed by atoms with Crippen LogP contribution in [0, 0.1) is 6.92 Å². The molecule has 5 rings (SSSR count). The Morgan fingerprint density at radius 3 is 1.49 bits per heavy atom. The number of benzene rings is 4. The van der Waals surface area contributed by atoms with Crippen LogP contribution in [0.1, 0.15) is 27.2 Å². The van der Waals surface area contributed by atoms with E-state index in [2.05, 4.69) is 91.0 Å². The van der Waals surface area contributed by atoms with Crippen LogP contribution in [0.3, 0.4) is 0 Å². The van der Waals surface area contributed by atoms with Gasteiger partial charge in [0.1, 0.15) is 29.3 Å². The lowest BCUT2D eigenvalue weighted by molar-refractivity contribution is -0.0000146. The number of hydrogen-bond donors (Lipinski definition) is 0. The fourth-order valence-corrected chi connectivity index (χ4v) is 8.79. The van der Waals surface area contributed by atoms with Crippen molar-refractivity contribution in [1.29, 1.82) is 0 Å². The number of aryl methyl sites for hydroxylation is 1. The van der Waals surface area contributed by atoms with Crippen molar-refractivity contribution >= 4 is 29.0 Å². The van der Waals surface area contributed by atoms with E-state index in [9.17, 15) is 4.79 Å². The van der Waals surface area contributed by atoms with Crippen LogP contribution in [0.15, 0.2) is 132 Å². The van der Waals surface area contributed by atoms with Crippen LogP contribution in [-0.4, -0.2) is 5.78 Å². The average Bonchev–Trinajstić information content (AvgIpc) is 3.28. The van der Waals surface area contributed by atoms with Crippen molar-refractivity contribution in [2.24, 2.45) is 0 Å². The lowest BCUT2D eigenvalue weighted by Gasteiger charge is -2.27. The first-order chi connectivity index (χ1) is 16.7. The van der Waals surface area contributed by atoms with Crippen molar-refractivity contribution in [3.8, 4) is 0 Å². The van der Waals surface area contributed by atoms with Gasteiger partial charge in [0.25, 0.3) is 0 Å². The van der Waals surface area contributed by atoms with E-state index in [1.54, 1.807) is 6.26 Å². The zero-order chi connectivity index (χ0) is 23.4. The van der Waals surface area contributed by atoms with Crippen LogP contribution in [-0.2, 0) is 6.16 Å². The first-order valence-electron chi connectivity index (χ1n) is 11.4. The Kier molecular flexibility index (Phi) is 7.66. The molecule has 1 aromatic heterocycles. The van der Waals surface area contributed by atoms with Crippen molar-refractivity contribution in [3.05, 3.63) is 150 Å². The van der Waals surface area contributed by atoms with Gasteiger partial charge in [-0.15, -0.1) is 0 Å². The van der Waals surface area contributed by atoms with Gasteiger partial charge < -0.3 is 16.8 Å². The summed E-state index contributed by atoms with van der Waals surface area (Å²) in [6, 6.07) is 41.5. The minimum absolute atomic E-state index is 0. The van der Waals surface area contributed by atoms with Gasteiger partial charge in [-0.25, -0.2) is 0 Å². The summed E-state index contributed by atoms with van der Waals surface area (Å²) in [6.07, 6.45) is 2.36. The molecule has 0 spiro atoms. The zero-order valence-electron chi connectivity index (χ0n) is 19.5. The highest BCUT2D eigenvalue weighted by Gasteiger charge is 2.47. The second kappa shape index (κ2) is 10.9. The molecular formula is C31H26ClO2P. The molecule has 4 aromatic carbocycles. The van der Waals surface area contributed by atoms with E-state index in [1.807, 2.05) is 37.3 Å². The van der Waals surface area contributed by atoms with Crippen molar-refractivity contribution in [2.75, 3.05) is 0 Å². The van der Waals surface area contributed by atoms with Crippen LogP contribution in [0.2, 0.25) is 0 Å². The number of furan rings is 1. The fraction of sp³-hybridized carbons (Fsp3) is 0.0645. The molecule has 0 aliphatic heterocycles. The Labute approximate surface area is 213 Å². The molecular weight excluding hydrogens is 471 g/mol. The summed E-state index contributed by atoms with van der Waals surface area (Å²) in [6.45, 7) is 1.96. The van der Waals surface area contributed by atoms with E-state index in [4.69, 9.17) is 4.42 Å². The SMILES string of the molecule is Cc1coc(C[P+](c2ccccc2)(c2ccccc2)c2ccccc2)c1C(=O)c1ccccc1.[Cl-]. The van der Waals surface area contributed by atoms with Gasteiger partial charge in [-0.05, 0) is 48.9 Å². The second-order valence-electron chi connectivity index (χ2n) is 8.39. The van der Waals surface area contributed by atoms with Gasteiger partial charge in [0.2, 0.25) is 0 Å². The highest BCUT2D eigenvalue weighted by molar-refractivity contribution is 7.95. The largest absolute Gasteiger partial charge is 1.00 e. The van der Waals surface area contributed by atoms with Crippen LogP contribution >= 0.6 is 7.26 Å². The molecule has 0 radical (unpaired) electrons. The Bertz CT molecular complexity index is 1290. The number of hydrogen-bond acceptors (Lipinski definition) is 2. The number of carbonyl (C=O) groups is 1. The van der Waals surface area contributed by atoms with E-state index in [1.165, 1.54) is 15.9 Å². The molecule has 0 bridgehead atoms. The molecule has 0 aliphatic carbocycles. The van der Waals surface area contributed by atoms with Crippen LogP contribution in [0.4, 0.5) is 0 Å². The Hall–Kier alpha value is -3.45. The average molecular weight is 497 g/mol. The summed E-state index contributed by atoms with van der Waals surface area (Å²) < 4.78 is 6.17. The summed E-state index contributed by atoms with van der Waals surface area (Å²) in [5.74, 6) is 0.755. The topological polar surface area (TPSA) is 30.2 Å². The van der Waals surface area contributed by atoms with Crippen molar-refractivity contribution in [2.45, 2.75) is 13.1 Å². The molecule has 4 heteroatoms. The van der Waals surface area contributed by atoms with Gasteiger partial charge in [0.05, 0.1) is 11.8 Å². The number of ketones is 1. The van der Waals surface area contributed by atoms with Crippen LogP contribution in [0.5, 0.6) is 0 Å². The molecule has 174 valence electrons. The quantitative estimate of drug-likeness (QED) is 0.256. The molecule has 0 atom stereocenters. The summed E-state index contributed by atoms with van der Waals surface area (Å²) in [7, 11) is -2.17. The molecule has 0 amide bonds. The molecule has 2 nitrogen and oxygen atoms in total. The van der Waals surface area contributed by atoms with Crippen molar-refractivity contribution in [3.63, 3.8) is 0 Å². The van der Waals surface area contributed by atoms with Gasteiger partial charge in [-0.1, -0.05) is 84.9 Å². The first kappa shape index (κ1) is 24.7. The second-order valence-corrected chi connectivity index (χ2v) is 11.9. The molecule has 0 saturated heterocycles. The normalized spacial score (nSPS) is 11.0. The maximum Gasteiger partial charge on any atom is 0.196 e. The van der Waals surface area contributed by atoms with Crippen molar-refractivity contribution in [1.82, 2.24) is 0 Å². The van der Waals surface area contributed by atoms with E-state index in [0.29, 0.717) is 17.3 Å². The summed E-state index contributed by atoms with van der Waals surface area (Å²) in [5.41, 5.74) is 2.23. The minimum atomic E-state index is -2.17. The summed E-state index contributed by atoms with van der Waals surface area (Å²) >= 11 is 0. The number of carbonyl (C=O) groups excluding carboxylic acids is 1. The van der Waals surface area contributed by atoms with E-state index < -0.39 is 7.26 Å². The molecule has 0 saturated carbocycles. The highest BCUT2D eigenvalue weighted by Crippen LogP contribution is 2.58. The minimum Gasteiger partial charge on any atom is -1.00 e. The predicted octanol–water partition coefficient (Wildman–Crippen LogP) is 3.32. The molecule has 0 N–H and O–H groups in total. The Balaban J connectivity index is 0.00000289. The molecule has 1 heterocycles. The highest BCUT2D eigenvalue weighted by atomic mass is 35.5. The van der Waals surface area contributed by atoms with Gasteiger partial charge in [0, 0.05) is 5.56 Å². The first-order valence-corrected chi connectivity index (χ1v) is 13.4. The fourth-order valence-electron chi connectivity index (χ4n) is 4.64. The van der Waals surface area contributed by atoms with Gasteiger partial charge in [-0.3, -0.25) is 4.79 Å².